The first-order valence-corrected chi connectivity index (χ1v) is 8.81. The largest absolute Gasteiger partial charge is 0.416 e. The van der Waals surface area contributed by atoms with Gasteiger partial charge in [-0.25, -0.2) is 4.79 Å². The molecule has 0 spiro atoms. The molecule has 6 heteroatoms. The summed E-state index contributed by atoms with van der Waals surface area (Å²) in [4.78, 5) is 12.1. The number of anilines is 2. The Bertz CT molecular complexity index is 1070. The van der Waals surface area contributed by atoms with E-state index in [0.29, 0.717) is 17.5 Å². The molecule has 1 aromatic heterocycles. The number of benzene rings is 3. The minimum absolute atomic E-state index is 0.305. The van der Waals surface area contributed by atoms with Crippen molar-refractivity contribution >= 4 is 17.4 Å². The highest BCUT2D eigenvalue weighted by atomic mass is 16.4. The summed E-state index contributed by atoms with van der Waals surface area (Å²) in [6.07, 6.45) is 0. The van der Waals surface area contributed by atoms with Crippen LogP contribution in [0.2, 0.25) is 0 Å². The van der Waals surface area contributed by atoms with Crippen LogP contribution in [0.25, 0.3) is 22.9 Å². The molecule has 28 heavy (non-hydrogen) atoms. The predicted octanol–water partition coefficient (Wildman–Crippen LogP) is 5.36. The molecule has 0 aliphatic heterocycles. The number of rotatable bonds is 4. The van der Waals surface area contributed by atoms with E-state index in [0.717, 1.165) is 22.4 Å². The summed E-state index contributed by atoms with van der Waals surface area (Å²) in [5.74, 6) is 0.893. The number of hydrogen-bond acceptors (Lipinski definition) is 4. The molecule has 0 saturated carbocycles. The number of nitrogens with zero attached hydrogens (tertiary/aromatic N) is 2. The van der Waals surface area contributed by atoms with E-state index in [1.54, 1.807) is 12.1 Å². The van der Waals surface area contributed by atoms with Crippen molar-refractivity contribution in [3.8, 4) is 22.9 Å². The van der Waals surface area contributed by atoms with Gasteiger partial charge < -0.3 is 15.1 Å². The molecule has 0 unspecified atom stereocenters. The second-order valence-electron chi connectivity index (χ2n) is 6.30. The zero-order valence-corrected chi connectivity index (χ0v) is 15.2. The van der Waals surface area contributed by atoms with Crippen LogP contribution in [0.5, 0.6) is 0 Å². The van der Waals surface area contributed by atoms with Crippen LogP contribution in [0.3, 0.4) is 0 Å². The Morgan fingerprint density at radius 1 is 0.714 bits per heavy atom. The van der Waals surface area contributed by atoms with E-state index in [1.807, 2.05) is 73.7 Å². The highest BCUT2D eigenvalue weighted by Gasteiger charge is 2.10. The van der Waals surface area contributed by atoms with Gasteiger partial charge in [0.1, 0.15) is 0 Å². The average molecular weight is 370 g/mol. The summed E-state index contributed by atoms with van der Waals surface area (Å²) in [5, 5.41) is 13.8. The normalized spacial score (nSPS) is 10.5. The van der Waals surface area contributed by atoms with Crippen LogP contribution in [-0.4, -0.2) is 16.2 Å². The van der Waals surface area contributed by atoms with E-state index in [1.165, 1.54) is 0 Å². The second-order valence-corrected chi connectivity index (χ2v) is 6.30. The van der Waals surface area contributed by atoms with Crippen LogP contribution in [0.1, 0.15) is 5.56 Å². The van der Waals surface area contributed by atoms with Crippen LogP contribution in [0, 0.1) is 6.92 Å². The summed E-state index contributed by atoms with van der Waals surface area (Å²) < 4.78 is 5.74. The molecule has 3 aromatic carbocycles. The minimum atomic E-state index is -0.305. The first kappa shape index (κ1) is 17.5. The number of urea groups is 1. The predicted molar refractivity (Wildman–Crippen MR) is 109 cm³/mol. The topological polar surface area (TPSA) is 80.0 Å². The maximum absolute atomic E-state index is 12.1. The van der Waals surface area contributed by atoms with E-state index in [2.05, 4.69) is 20.8 Å². The molecular weight excluding hydrogens is 352 g/mol. The van der Waals surface area contributed by atoms with Gasteiger partial charge in [0.25, 0.3) is 0 Å². The molecule has 0 bridgehead atoms. The van der Waals surface area contributed by atoms with E-state index in [9.17, 15) is 4.79 Å². The maximum Gasteiger partial charge on any atom is 0.323 e. The Morgan fingerprint density at radius 2 is 1.21 bits per heavy atom. The fraction of sp³-hybridized carbons (Fsp3) is 0.0455. The Balaban J connectivity index is 1.42. The quantitative estimate of drug-likeness (QED) is 0.507. The van der Waals surface area contributed by atoms with E-state index in [-0.39, 0.29) is 6.03 Å². The standard InChI is InChI=1S/C22H18N4O2/c1-15-7-11-18(12-8-15)23-22(27)24-19-13-9-17(10-14-19)21-26-25-20(28-21)16-5-3-2-4-6-16/h2-14H,1H3,(H2,23,24,27). The first-order chi connectivity index (χ1) is 13.7. The number of aromatic nitrogens is 2. The number of hydrogen-bond donors (Lipinski definition) is 2. The zero-order valence-electron chi connectivity index (χ0n) is 15.2. The van der Waals surface area contributed by atoms with Crippen molar-refractivity contribution in [2.24, 2.45) is 0 Å². The molecule has 0 saturated heterocycles. The molecule has 1 heterocycles. The molecule has 138 valence electrons. The monoisotopic (exact) mass is 370 g/mol. The lowest BCUT2D eigenvalue weighted by Gasteiger charge is -2.08. The minimum Gasteiger partial charge on any atom is -0.416 e. The molecule has 0 aliphatic carbocycles. The molecule has 0 fully saturated rings. The van der Waals surface area contributed by atoms with Crippen molar-refractivity contribution in [2.75, 3.05) is 10.6 Å². The Labute approximate surface area is 162 Å². The maximum atomic E-state index is 12.1. The van der Waals surface area contributed by atoms with Crippen LogP contribution < -0.4 is 10.6 Å². The van der Waals surface area contributed by atoms with Gasteiger partial charge in [-0.05, 0) is 55.5 Å². The lowest BCUT2D eigenvalue weighted by atomic mass is 10.2. The average Bonchev–Trinajstić information content (AvgIpc) is 3.21. The molecular formula is C22H18N4O2. The first-order valence-electron chi connectivity index (χ1n) is 8.81. The third-order valence-electron chi connectivity index (χ3n) is 4.14. The van der Waals surface area contributed by atoms with Gasteiger partial charge in [0.05, 0.1) is 0 Å². The molecule has 4 aromatic rings. The van der Waals surface area contributed by atoms with Crippen molar-refractivity contribution < 1.29 is 9.21 Å². The van der Waals surface area contributed by atoms with Crippen LogP contribution in [0.15, 0.2) is 83.3 Å². The molecule has 0 radical (unpaired) electrons. The number of aryl methyl sites for hydroxylation is 1. The van der Waals surface area contributed by atoms with Crippen LogP contribution in [0.4, 0.5) is 16.2 Å². The Kier molecular flexibility index (Phi) is 4.84. The van der Waals surface area contributed by atoms with E-state index in [4.69, 9.17) is 4.42 Å². The van der Waals surface area contributed by atoms with Crippen molar-refractivity contribution in [3.05, 3.63) is 84.4 Å². The van der Waals surface area contributed by atoms with Gasteiger partial charge in [0, 0.05) is 22.5 Å². The zero-order chi connectivity index (χ0) is 19.3. The number of amides is 2. The Hall–Kier alpha value is -3.93. The lowest BCUT2D eigenvalue weighted by molar-refractivity contribution is 0.262. The van der Waals surface area contributed by atoms with Gasteiger partial charge in [-0.1, -0.05) is 35.9 Å². The number of nitrogens with one attached hydrogen (secondary N) is 2. The summed E-state index contributed by atoms with van der Waals surface area (Å²) >= 11 is 0. The lowest BCUT2D eigenvalue weighted by Crippen LogP contribution is -2.19. The van der Waals surface area contributed by atoms with Gasteiger partial charge in [-0.15, -0.1) is 10.2 Å². The van der Waals surface area contributed by atoms with Crippen LogP contribution >= 0.6 is 0 Å². The summed E-state index contributed by atoms with van der Waals surface area (Å²) in [6, 6.07) is 24.1. The van der Waals surface area contributed by atoms with Gasteiger partial charge in [0.2, 0.25) is 11.8 Å². The van der Waals surface area contributed by atoms with E-state index >= 15 is 0 Å². The van der Waals surface area contributed by atoms with Gasteiger partial charge in [-0.2, -0.15) is 0 Å². The number of carbonyl (C=O) groups excluding carboxylic acids is 1. The summed E-state index contributed by atoms with van der Waals surface area (Å²) in [7, 11) is 0. The third kappa shape index (κ3) is 4.07. The molecule has 6 nitrogen and oxygen atoms in total. The Morgan fingerprint density at radius 3 is 1.79 bits per heavy atom. The SMILES string of the molecule is Cc1ccc(NC(=O)Nc2ccc(-c3nnc(-c4ccccc4)o3)cc2)cc1. The smallest absolute Gasteiger partial charge is 0.323 e. The van der Waals surface area contributed by atoms with Crippen molar-refractivity contribution in [1.29, 1.82) is 0 Å². The molecule has 0 atom stereocenters. The fourth-order valence-electron chi connectivity index (χ4n) is 2.66. The molecule has 2 N–H and O–H groups in total. The van der Waals surface area contributed by atoms with Crippen molar-refractivity contribution in [1.82, 2.24) is 10.2 Å². The van der Waals surface area contributed by atoms with E-state index < -0.39 is 0 Å². The molecule has 4 rings (SSSR count). The molecule has 2 amide bonds. The summed E-state index contributed by atoms with van der Waals surface area (Å²) in [6.45, 7) is 2.00. The highest BCUT2D eigenvalue weighted by Crippen LogP contribution is 2.24. The van der Waals surface area contributed by atoms with Gasteiger partial charge in [0.15, 0.2) is 0 Å². The van der Waals surface area contributed by atoms with Gasteiger partial charge in [-0.3, -0.25) is 0 Å². The molecule has 0 aliphatic rings. The van der Waals surface area contributed by atoms with Crippen LogP contribution in [-0.2, 0) is 0 Å². The van der Waals surface area contributed by atoms with Crippen molar-refractivity contribution in [2.45, 2.75) is 6.92 Å². The third-order valence-corrected chi connectivity index (χ3v) is 4.14. The summed E-state index contributed by atoms with van der Waals surface area (Å²) in [5.41, 5.74) is 4.18. The van der Waals surface area contributed by atoms with Gasteiger partial charge >= 0.3 is 6.03 Å². The number of carbonyl (C=O) groups is 1. The van der Waals surface area contributed by atoms with Crippen molar-refractivity contribution in [3.63, 3.8) is 0 Å². The second kappa shape index (κ2) is 7.75. The highest BCUT2D eigenvalue weighted by molar-refractivity contribution is 5.99. The fourth-order valence-corrected chi connectivity index (χ4v) is 2.66.